The van der Waals surface area contributed by atoms with Gasteiger partial charge in [-0.05, 0) is 59.5 Å². The van der Waals surface area contributed by atoms with Gasteiger partial charge in [-0.3, -0.25) is 4.98 Å². The van der Waals surface area contributed by atoms with E-state index in [0.717, 1.165) is 45.0 Å². The topological polar surface area (TPSA) is 26.0 Å². The Morgan fingerprint density at radius 2 is 1.72 bits per heavy atom. The summed E-state index contributed by atoms with van der Waals surface area (Å²) >= 11 is 0. The first-order valence-electron chi connectivity index (χ1n) is 10.3. The zero-order valence-electron chi connectivity index (χ0n) is 17.4. The molecule has 0 atom stereocenters. The molecule has 0 saturated heterocycles. The molecule has 144 valence electrons. The van der Waals surface area contributed by atoms with E-state index in [0.29, 0.717) is 0 Å². The number of fused-ring (bicyclic) bond motifs is 4. The van der Waals surface area contributed by atoms with Crippen LogP contribution < -0.4 is 0 Å². The molecule has 2 heterocycles. The summed E-state index contributed by atoms with van der Waals surface area (Å²) in [7, 11) is 0. The summed E-state index contributed by atoms with van der Waals surface area (Å²) in [5.74, 6) is 0. The van der Waals surface area contributed by atoms with Crippen molar-refractivity contribution in [2.24, 2.45) is 0 Å². The molecule has 3 aromatic carbocycles. The summed E-state index contributed by atoms with van der Waals surface area (Å²) in [6.45, 7) is 8.98. The minimum Gasteiger partial charge on any atom is -0.455 e. The fraction of sp³-hybridized carbons (Fsp3) is 0.222. The van der Waals surface area contributed by atoms with Gasteiger partial charge < -0.3 is 4.42 Å². The number of hydrogen-bond donors (Lipinski definition) is 0. The van der Waals surface area contributed by atoms with E-state index in [1.807, 2.05) is 18.3 Å². The maximum absolute atomic E-state index is 6.30. The van der Waals surface area contributed by atoms with Gasteiger partial charge in [0.15, 0.2) is 0 Å². The maximum atomic E-state index is 6.30. The van der Waals surface area contributed by atoms with Crippen LogP contribution in [0.4, 0.5) is 0 Å². The van der Waals surface area contributed by atoms with E-state index < -0.39 is 0 Å². The second kappa shape index (κ2) is 6.45. The molecule has 0 bridgehead atoms. The van der Waals surface area contributed by atoms with Crippen LogP contribution in [0.1, 0.15) is 38.3 Å². The lowest BCUT2D eigenvalue weighted by Gasteiger charge is -2.24. The SMILES string of the molecule is CCC(C)(C)c1ccc2c(-c3cc(C)cc4c3oc3ccccc34)nccc2c1. The molecule has 5 aromatic rings. The van der Waals surface area contributed by atoms with E-state index in [9.17, 15) is 0 Å². The van der Waals surface area contributed by atoms with Crippen molar-refractivity contribution in [1.29, 1.82) is 0 Å². The predicted molar refractivity (Wildman–Crippen MR) is 123 cm³/mol. The van der Waals surface area contributed by atoms with Crippen molar-refractivity contribution in [2.75, 3.05) is 0 Å². The minimum atomic E-state index is 0.160. The Hall–Kier alpha value is -3.13. The Morgan fingerprint density at radius 3 is 2.55 bits per heavy atom. The highest BCUT2D eigenvalue weighted by Gasteiger charge is 2.20. The van der Waals surface area contributed by atoms with Crippen LogP contribution in [0.25, 0.3) is 44.0 Å². The molecule has 0 spiro atoms. The van der Waals surface area contributed by atoms with E-state index in [2.05, 4.69) is 76.2 Å². The number of aryl methyl sites for hydroxylation is 1. The molecule has 0 aliphatic carbocycles. The quantitative estimate of drug-likeness (QED) is 0.320. The predicted octanol–water partition coefficient (Wildman–Crippen LogP) is 7.80. The third-order valence-electron chi connectivity index (χ3n) is 6.31. The lowest BCUT2D eigenvalue weighted by Crippen LogP contribution is -2.15. The van der Waals surface area contributed by atoms with Gasteiger partial charge in [-0.15, -0.1) is 0 Å². The summed E-state index contributed by atoms with van der Waals surface area (Å²) in [6, 6.07) is 21.5. The lowest BCUT2D eigenvalue weighted by atomic mass is 9.81. The molecule has 0 amide bonds. The highest BCUT2D eigenvalue weighted by molar-refractivity contribution is 6.11. The van der Waals surface area contributed by atoms with Gasteiger partial charge in [0, 0.05) is 27.9 Å². The summed E-state index contributed by atoms with van der Waals surface area (Å²) in [5.41, 5.74) is 6.61. The van der Waals surface area contributed by atoms with Crippen LogP contribution in [0.3, 0.4) is 0 Å². The highest BCUT2D eigenvalue weighted by Crippen LogP contribution is 2.39. The molecule has 0 saturated carbocycles. The fourth-order valence-electron chi connectivity index (χ4n) is 4.16. The smallest absolute Gasteiger partial charge is 0.144 e. The summed E-state index contributed by atoms with van der Waals surface area (Å²) in [4.78, 5) is 4.79. The van der Waals surface area contributed by atoms with E-state index in [-0.39, 0.29) is 5.41 Å². The van der Waals surface area contributed by atoms with Gasteiger partial charge in [0.05, 0.1) is 5.69 Å². The monoisotopic (exact) mass is 379 g/mol. The van der Waals surface area contributed by atoms with Gasteiger partial charge in [0.2, 0.25) is 0 Å². The molecule has 2 nitrogen and oxygen atoms in total. The Kier molecular flexibility index (Phi) is 3.99. The molecule has 5 rings (SSSR count). The number of pyridine rings is 1. The van der Waals surface area contributed by atoms with E-state index in [4.69, 9.17) is 9.40 Å². The second-order valence-corrected chi connectivity index (χ2v) is 8.62. The number of hydrogen-bond acceptors (Lipinski definition) is 2. The van der Waals surface area contributed by atoms with Crippen LogP contribution in [-0.2, 0) is 5.41 Å². The number of aromatic nitrogens is 1. The highest BCUT2D eigenvalue weighted by atomic mass is 16.3. The van der Waals surface area contributed by atoms with Crippen molar-refractivity contribution >= 4 is 32.7 Å². The first-order valence-corrected chi connectivity index (χ1v) is 10.3. The third-order valence-corrected chi connectivity index (χ3v) is 6.31. The van der Waals surface area contributed by atoms with Gasteiger partial charge >= 0.3 is 0 Å². The molecule has 0 aliphatic heterocycles. The van der Waals surface area contributed by atoms with Gasteiger partial charge in [-0.25, -0.2) is 0 Å². The van der Waals surface area contributed by atoms with Gasteiger partial charge in [0.1, 0.15) is 11.2 Å². The summed E-state index contributed by atoms with van der Waals surface area (Å²) in [6.07, 6.45) is 3.02. The Morgan fingerprint density at radius 1 is 0.897 bits per heavy atom. The molecule has 0 aliphatic rings. The molecular weight excluding hydrogens is 354 g/mol. The van der Waals surface area contributed by atoms with Gasteiger partial charge in [0.25, 0.3) is 0 Å². The van der Waals surface area contributed by atoms with Gasteiger partial charge in [-0.1, -0.05) is 57.2 Å². The molecule has 0 N–H and O–H groups in total. The lowest BCUT2D eigenvalue weighted by molar-refractivity contribution is 0.507. The Labute approximate surface area is 171 Å². The third kappa shape index (κ3) is 2.82. The van der Waals surface area contributed by atoms with Crippen LogP contribution in [0.15, 0.2) is 71.3 Å². The molecule has 29 heavy (non-hydrogen) atoms. The van der Waals surface area contributed by atoms with Crippen molar-refractivity contribution < 1.29 is 4.42 Å². The molecular formula is C27H25NO. The molecule has 0 unspecified atom stereocenters. The molecule has 2 heteroatoms. The average Bonchev–Trinajstić information content (AvgIpc) is 3.11. The first kappa shape index (κ1) is 17.9. The zero-order valence-corrected chi connectivity index (χ0v) is 17.4. The fourth-order valence-corrected chi connectivity index (χ4v) is 4.16. The molecule has 2 aromatic heterocycles. The number of benzene rings is 3. The maximum Gasteiger partial charge on any atom is 0.144 e. The number of nitrogens with zero attached hydrogens (tertiary/aromatic N) is 1. The minimum absolute atomic E-state index is 0.160. The summed E-state index contributed by atoms with van der Waals surface area (Å²) < 4.78 is 6.30. The Balaban J connectivity index is 1.81. The molecule has 0 radical (unpaired) electrons. The van der Waals surface area contributed by atoms with E-state index >= 15 is 0 Å². The summed E-state index contributed by atoms with van der Waals surface area (Å²) in [5, 5.41) is 4.69. The number of para-hydroxylation sites is 1. The normalized spacial score (nSPS) is 12.3. The van der Waals surface area contributed by atoms with Crippen LogP contribution >= 0.6 is 0 Å². The standard InChI is InChI=1S/C27H25NO/c1-5-27(3,4)19-10-11-20-18(16-19)12-13-28-25(20)23-15-17(2)14-22-21-8-6-7-9-24(21)29-26(22)23/h6-16H,5H2,1-4H3. The van der Waals surface area contributed by atoms with Crippen LogP contribution in [0.5, 0.6) is 0 Å². The van der Waals surface area contributed by atoms with Crippen molar-refractivity contribution in [1.82, 2.24) is 4.98 Å². The largest absolute Gasteiger partial charge is 0.455 e. The first-order chi connectivity index (χ1) is 14.0. The van der Waals surface area contributed by atoms with Crippen LogP contribution in [-0.4, -0.2) is 4.98 Å². The zero-order chi connectivity index (χ0) is 20.2. The van der Waals surface area contributed by atoms with Crippen molar-refractivity contribution in [3.05, 3.63) is 78.0 Å². The van der Waals surface area contributed by atoms with Gasteiger partial charge in [-0.2, -0.15) is 0 Å². The van der Waals surface area contributed by atoms with Crippen LogP contribution in [0, 0.1) is 6.92 Å². The number of furan rings is 1. The second-order valence-electron chi connectivity index (χ2n) is 8.62. The van der Waals surface area contributed by atoms with E-state index in [1.165, 1.54) is 16.5 Å². The van der Waals surface area contributed by atoms with E-state index in [1.54, 1.807) is 0 Å². The van der Waals surface area contributed by atoms with Crippen molar-refractivity contribution in [3.8, 4) is 11.3 Å². The number of rotatable bonds is 3. The average molecular weight is 380 g/mol. The van der Waals surface area contributed by atoms with Crippen LogP contribution in [0.2, 0.25) is 0 Å². The van der Waals surface area contributed by atoms with Crippen molar-refractivity contribution in [3.63, 3.8) is 0 Å². The Bertz CT molecular complexity index is 1370. The molecule has 0 fully saturated rings. The van der Waals surface area contributed by atoms with Crippen molar-refractivity contribution in [2.45, 2.75) is 39.5 Å².